The Morgan fingerprint density at radius 3 is 2.27 bits per heavy atom. The van der Waals surface area contributed by atoms with Crippen molar-refractivity contribution in [2.24, 2.45) is 0 Å². The number of nitrogens with one attached hydrogen (secondary N) is 2. The topological polar surface area (TPSA) is 119 Å². The highest BCUT2D eigenvalue weighted by atomic mass is 35.5. The maximum Gasteiger partial charge on any atom is 0.263 e. The smallest absolute Gasteiger partial charge is 0.263 e. The van der Waals surface area contributed by atoms with E-state index in [1.165, 1.54) is 36.4 Å². The Morgan fingerprint density at radius 1 is 0.939 bits per heavy atom. The van der Waals surface area contributed by atoms with E-state index in [0.29, 0.717) is 22.6 Å². The minimum absolute atomic E-state index is 0.00140. The number of aromatic nitrogens is 4. The maximum absolute atomic E-state index is 12.9. The summed E-state index contributed by atoms with van der Waals surface area (Å²) in [5, 5.41) is 14.7. The summed E-state index contributed by atoms with van der Waals surface area (Å²) in [6.45, 7) is 3.59. The van der Waals surface area contributed by atoms with Gasteiger partial charge in [-0.05, 0) is 62.4 Å². The normalized spacial score (nSPS) is 11.2. The lowest BCUT2D eigenvalue weighted by atomic mass is 10.1. The van der Waals surface area contributed by atoms with Crippen molar-refractivity contribution in [2.45, 2.75) is 18.7 Å². The van der Waals surface area contributed by atoms with E-state index in [-0.39, 0.29) is 21.8 Å². The largest absolute Gasteiger partial charge is 0.322 e. The fourth-order valence-electron chi connectivity index (χ4n) is 3.27. The molecule has 168 valence electrons. The molecule has 0 aliphatic carbocycles. The van der Waals surface area contributed by atoms with E-state index in [1.807, 2.05) is 37.3 Å². The highest BCUT2D eigenvalue weighted by molar-refractivity contribution is 7.92. The second kappa shape index (κ2) is 9.00. The molecule has 0 fully saturated rings. The average Bonchev–Trinajstić information content (AvgIpc) is 3.10. The zero-order valence-electron chi connectivity index (χ0n) is 17.7. The van der Waals surface area contributed by atoms with Crippen LogP contribution < -0.4 is 10.0 Å². The van der Waals surface area contributed by atoms with Gasteiger partial charge in [-0.25, -0.2) is 13.1 Å². The van der Waals surface area contributed by atoms with Crippen molar-refractivity contribution in [3.8, 4) is 5.69 Å². The van der Waals surface area contributed by atoms with Gasteiger partial charge in [0.1, 0.15) is 0 Å². The predicted molar refractivity (Wildman–Crippen MR) is 125 cm³/mol. The van der Waals surface area contributed by atoms with Gasteiger partial charge in [0.25, 0.3) is 15.9 Å². The van der Waals surface area contributed by atoms with Crippen LogP contribution >= 0.6 is 11.6 Å². The van der Waals surface area contributed by atoms with Gasteiger partial charge in [-0.2, -0.15) is 5.10 Å². The molecule has 33 heavy (non-hydrogen) atoms. The quantitative estimate of drug-likeness (QED) is 0.429. The molecule has 0 saturated carbocycles. The molecule has 9 nitrogen and oxygen atoms in total. The first-order valence-corrected chi connectivity index (χ1v) is 11.7. The number of amides is 1. The van der Waals surface area contributed by atoms with Crippen LogP contribution in [0.15, 0.2) is 71.6 Å². The zero-order valence-corrected chi connectivity index (χ0v) is 19.2. The van der Waals surface area contributed by atoms with Gasteiger partial charge in [-0.3, -0.25) is 9.52 Å². The van der Waals surface area contributed by atoms with E-state index in [0.717, 1.165) is 5.69 Å². The van der Waals surface area contributed by atoms with Gasteiger partial charge < -0.3 is 5.32 Å². The lowest BCUT2D eigenvalue weighted by Crippen LogP contribution is -2.16. The Balaban J connectivity index is 1.51. The number of aryl methyl sites for hydroxylation is 1. The van der Waals surface area contributed by atoms with Crippen LogP contribution in [-0.2, 0) is 10.0 Å². The number of hydrogen-bond acceptors (Lipinski definition) is 6. The number of para-hydroxylation sites is 1. The molecule has 2 aromatic heterocycles. The number of hydrogen-bond donors (Lipinski definition) is 2. The maximum atomic E-state index is 12.9. The summed E-state index contributed by atoms with van der Waals surface area (Å²) in [4.78, 5) is 12.9. The molecule has 0 bridgehead atoms. The summed E-state index contributed by atoms with van der Waals surface area (Å²) in [6, 6.07) is 18.1. The fraction of sp³-hybridized carbons (Fsp3) is 0.0909. The summed E-state index contributed by atoms with van der Waals surface area (Å²) in [5.41, 5.74) is 3.03. The molecule has 4 rings (SSSR count). The average molecular weight is 483 g/mol. The van der Waals surface area contributed by atoms with Crippen molar-refractivity contribution in [3.05, 3.63) is 88.8 Å². The molecular weight excluding hydrogens is 464 g/mol. The molecule has 0 atom stereocenters. The first-order chi connectivity index (χ1) is 15.7. The first kappa shape index (κ1) is 22.4. The van der Waals surface area contributed by atoms with Gasteiger partial charge in [-0.15, -0.1) is 10.2 Å². The number of anilines is 2. The zero-order chi connectivity index (χ0) is 23.6. The van der Waals surface area contributed by atoms with E-state index < -0.39 is 10.0 Å². The van der Waals surface area contributed by atoms with Crippen molar-refractivity contribution in [1.82, 2.24) is 20.0 Å². The lowest BCUT2D eigenvalue weighted by molar-refractivity contribution is 0.102. The minimum atomic E-state index is -3.89. The Kier molecular flexibility index (Phi) is 6.12. The van der Waals surface area contributed by atoms with Crippen LogP contribution in [0.25, 0.3) is 5.69 Å². The van der Waals surface area contributed by atoms with Crippen LogP contribution in [-0.4, -0.2) is 34.3 Å². The van der Waals surface area contributed by atoms with Gasteiger partial charge in [0, 0.05) is 5.69 Å². The molecular formula is C22H19ClN6O3S. The molecule has 2 aromatic carbocycles. The second-order valence-corrected chi connectivity index (χ2v) is 9.19. The lowest BCUT2D eigenvalue weighted by Gasteiger charge is -2.09. The van der Waals surface area contributed by atoms with Crippen LogP contribution in [0.5, 0.6) is 0 Å². The molecule has 0 saturated heterocycles. The Morgan fingerprint density at radius 2 is 1.64 bits per heavy atom. The van der Waals surface area contributed by atoms with Crippen molar-refractivity contribution in [1.29, 1.82) is 0 Å². The highest BCUT2D eigenvalue weighted by Crippen LogP contribution is 2.21. The van der Waals surface area contributed by atoms with E-state index in [2.05, 4.69) is 25.3 Å². The van der Waals surface area contributed by atoms with Crippen LogP contribution in [0.3, 0.4) is 0 Å². The molecule has 2 heterocycles. The standard InChI is InChI=1S/C22H19ClN6O3S/c1-14-21(15(2)29(27-14)17-6-4-3-5-7-17)22(30)24-16-8-10-18(11-9-16)33(31,32)28-20-13-12-19(23)25-26-20/h3-13H,1-2H3,(H,24,30)(H,26,28). The number of benzene rings is 2. The molecule has 1 amide bonds. The monoisotopic (exact) mass is 482 g/mol. The second-order valence-electron chi connectivity index (χ2n) is 7.12. The summed E-state index contributed by atoms with van der Waals surface area (Å²) >= 11 is 5.66. The molecule has 0 unspecified atom stereocenters. The third-order valence-corrected chi connectivity index (χ3v) is 6.38. The van der Waals surface area contributed by atoms with Crippen LogP contribution in [0.1, 0.15) is 21.7 Å². The first-order valence-electron chi connectivity index (χ1n) is 9.80. The van der Waals surface area contributed by atoms with E-state index >= 15 is 0 Å². The Hall–Kier alpha value is -3.76. The summed E-state index contributed by atoms with van der Waals surface area (Å²) in [6.07, 6.45) is 0. The SMILES string of the molecule is Cc1nn(-c2ccccc2)c(C)c1C(=O)Nc1ccc(S(=O)(=O)Nc2ccc(Cl)nn2)cc1. The molecule has 2 N–H and O–H groups in total. The Labute approximate surface area is 195 Å². The van der Waals surface area contributed by atoms with Gasteiger partial charge >= 0.3 is 0 Å². The van der Waals surface area contributed by atoms with Crippen molar-refractivity contribution in [2.75, 3.05) is 10.0 Å². The predicted octanol–water partition coefficient (Wildman–Crippen LogP) is 3.99. The van der Waals surface area contributed by atoms with Crippen LogP contribution in [0, 0.1) is 13.8 Å². The molecule has 4 aromatic rings. The molecule has 0 aliphatic rings. The number of halogens is 1. The summed E-state index contributed by atoms with van der Waals surface area (Å²) in [5.74, 6) is -0.296. The fourth-order valence-corrected chi connectivity index (χ4v) is 4.37. The number of nitrogens with zero attached hydrogens (tertiary/aromatic N) is 4. The molecule has 0 spiro atoms. The number of carbonyl (C=O) groups excluding carboxylic acids is 1. The van der Waals surface area contributed by atoms with E-state index in [1.54, 1.807) is 11.6 Å². The molecule has 11 heteroatoms. The van der Waals surface area contributed by atoms with Gasteiger partial charge in [0.15, 0.2) is 11.0 Å². The summed E-state index contributed by atoms with van der Waals surface area (Å²) < 4.78 is 29.2. The highest BCUT2D eigenvalue weighted by Gasteiger charge is 2.20. The van der Waals surface area contributed by atoms with Gasteiger partial charge in [0.05, 0.1) is 27.5 Å². The third kappa shape index (κ3) is 4.86. The number of carbonyl (C=O) groups is 1. The number of rotatable bonds is 6. The van der Waals surface area contributed by atoms with Crippen molar-refractivity contribution < 1.29 is 13.2 Å². The minimum Gasteiger partial charge on any atom is -0.322 e. The van der Waals surface area contributed by atoms with Crippen molar-refractivity contribution >= 4 is 39.0 Å². The number of sulfonamides is 1. The Bertz CT molecular complexity index is 1400. The van der Waals surface area contributed by atoms with Crippen LogP contribution in [0.2, 0.25) is 5.15 Å². The van der Waals surface area contributed by atoms with Gasteiger partial charge in [0.2, 0.25) is 0 Å². The third-order valence-electron chi connectivity index (χ3n) is 4.81. The summed E-state index contributed by atoms with van der Waals surface area (Å²) in [7, 11) is -3.89. The molecule has 0 aliphatic heterocycles. The van der Waals surface area contributed by atoms with Crippen LogP contribution in [0.4, 0.5) is 11.5 Å². The van der Waals surface area contributed by atoms with Gasteiger partial charge in [-0.1, -0.05) is 29.8 Å². The van der Waals surface area contributed by atoms with E-state index in [4.69, 9.17) is 11.6 Å². The molecule has 0 radical (unpaired) electrons. The van der Waals surface area contributed by atoms with E-state index in [9.17, 15) is 13.2 Å². The van der Waals surface area contributed by atoms with Crippen molar-refractivity contribution in [3.63, 3.8) is 0 Å².